The maximum absolute atomic E-state index is 12.4. The van der Waals surface area contributed by atoms with Gasteiger partial charge in [0, 0.05) is 12.2 Å². The molecular formula is C19H20N4O2. The Kier molecular flexibility index (Phi) is 4.09. The Labute approximate surface area is 145 Å². The van der Waals surface area contributed by atoms with E-state index in [9.17, 15) is 4.79 Å². The van der Waals surface area contributed by atoms with Crippen LogP contribution in [-0.4, -0.2) is 33.8 Å². The maximum Gasteiger partial charge on any atom is 0.241 e. The van der Waals surface area contributed by atoms with Crippen molar-refractivity contribution in [3.63, 3.8) is 0 Å². The number of benzene rings is 1. The predicted molar refractivity (Wildman–Crippen MR) is 94.5 cm³/mol. The largest absolute Gasteiger partial charge is 0.497 e. The smallest absolute Gasteiger partial charge is 0.241 e. The van der Waals surface area contributed by atoms with Crippen LogP contribution in [0.2, 0.25) is 0 Å². The minimum Gasteiger partial charge on any atom is -0.497 e. The highest BCUT2D eigenvalue weighted by Gasteiger charge is 2.21. The second-order valence-electron chi connectivity index (χ2n) is 6.35. The lowest BCUT2D eigenvalue weighted by atomic mass is 9.88. The van der Waals surface area contributed by atoms with Gasteiger partial charge in [0.25, 0.3) is 0 Å². The normalized spacial score (nSPS) is 16.4. The summed E-state index contributed by atoms with van der Waals surface area (Å²) in [6.45, 7) is 0.209. The molecule has 1 atom stereocenters. The van der Waals surface area contributed by atoms with Crippen LogP contribution < -0.4 is 10.1 Å². The number of nitrogens with zero attached hydrogens (tertiary/aromatic N) is 3. The molecule has 1 N–H and O–H groups in total. The van der Waals surface area contributed by atoms with Crippen LogP contribution in [0.25, 0.3) is 11.0 Å². The van der Waals surface area contributed by atoms with E-state index in [0.717, 1.165) is 36.0 Å². The Morgan fingerprint density at radius 1 is 1.36 bits per heavy atom. The summed E-state index contributed by atoms with van der Waals surface area (Å²) in [5.74, 6) is 0.872. The lowest BCUT2D eigenvalue weighted by Crippen LogP contribution is -2.40. The molecule has 2 heterocycles. The molecule has 1 amide bonds. The van der Waals surface area contributed by atoms with Gasteiger partial charge in [-0.1, -0.05) is 6.07 Å². The second kappa shape index (κ2) is 6.55. The molecule has 128 valence electrons. The van der Waals surface area contributed by atoms with Crippen molar-refractivity contribution in [2.75, 3.05) is 7.11 Å². The summed E-state index contributed by atoms with van der Waals surface area (Å²) in [4.78, 5) is 16.7. The predicted octanol–water partition coefficient (Wildman–Crippen LogP) is 2.11. The van der Waals surface area contributed by atoms with Crippen LogP contribution in [0.4, 0.5) is 0 Å². The molecule has 6 heteroatoms. The Morgan fingerprint density at radius 3 is 3.16 bits per heavy atom. The highest BCUT2D eigenvalue weighted by atomic mass is 16.5. The van der Waals surface area contributed by atoms with Crippen LogP contribution in [-0.2, 0) is 24.2 Å². The summed E-state index contributed by atoms with van der Waals surface area (Å²) in [6.07, 6.45) is 6.15. The van der Waals surface area contributed by atoms with Crippen LogP contribution in [0.15, 0.2) is 42.7 Å². The minimum absolute atomic E-state index is 0.0178. The number of carbonyl (C=O) groups is 1. The van der Waals surface area contributed by atoms with Crippen molar-refractivity contribution in [2.24, 2.45) is 0 Å². The van der Waals surface area contributed by atoms with Crippen molar-refractivity contribution in [3.8, 4) is 5.75 Å². The van der Waals surface area contributed by atoms with Gasteiger partial charge in [0.15, 0.2) is 0 Å². The van der Waals surface area contributed by atoms with E-state index in [1.165, 1.54) is 11.1 Å². The third kappa shape index (κ3) is 3.20. The molecule has 1 aromatic carbocycles. The third-order valence-electron chi connectivity index (χ3n) is 4.71. The van der Waals surface area contributed by atoms with Crippen molar-refractivity contribution in [1.82, 2.24) is 20.1 Å². The van der Waals surface area contributed by atoms with Gasteiger partial charge in [-0.25, -0.2) is 0 Å². The van der Waals surface area contributed by atoms with Crippen LogP contribution in [0, 0.1) is 0 Å². The summed E-state index contributed by atoms with van der Waals surface area (Å²) in [5.41, 5.74) is 4.27. The average Bonchev–Trinajstić information content (AvgIpc) is 3.04. The monoisotopic (exact) mass is 336 g/mol. The highest BCUT2D eigenvalue weighted by molar-refractivity contribution is 5.80. The quantitative estimate of drug-likeness (QED) is 0.792. The zero-order valence-corrected chi connectivity index (χ0v) is 14.1. The fourth-order valence-corrected chi connectivity index (χ4v) is 3.43. The summed E-state index contributed by atoms with van der Waals surface area (Å²) in [7, 11) is 1.68. The fourth-order valence-electron chi connectivity index (χ4n) is 3.43. The number of hydrogen-bond acceptors (Lipinski definition) is 4. The number of fused-ring (bicyclic) bond motifs is 2. The molecule has 4 rings (SSSR count). The van der Waals surface area contributed by atoms with E-state index in [1.54, 1.807) is 24.2 Å². The first kappa shape index (κ1) is 15.6. The average molecular weight is 336 g/mol. The first-order valence-electron chi connectivity index (χ1n) is 8.44. The number of ether oxygens (including phenoxy) is 1. The molecule has 1 aliphatic carbocycles. The Balaban J connectivity index is 1.41. The number of aryl methyl sites for hydroxylation is 1. The van der Waals surface area contributed by atoms with Gasteiger partial charge in [0.1, 0.15) is 17.8 Å². The number of aromatic nitrogens is 3. The maximum atomic E-state index is 12.4. The minimum atomic E-state index is -0.0178. The van der Waals surface area contributed by atoms with Crippen molar-refractivity contribution >= 4 is 16.9 Å². The van der Waals surface area contributed by atoms with E-state index in [0.29, 0.717) is 0 Å². The highest BCUT2D eigenvalue weighted by Crippen LogP contribution is 2.25. The van der Waals surface area contributed by atoms with E-state index in [1.807, 2.05) is 18.2 Å². The molecule has 0 spiro atoms. The number of nitrogens with one attached hydrogen (secondary N) is 1. The van der Waals surface area contributed by atoms with Gasteiger partial charge in [-0.05, 0) is 54.7 Å². The van der Waals surface area contributed by atoms with Crippen molar-refractivity contribution < 1.29 is 9.53 Å². The molecule has 6 nitrogen and oxygen atoms in total. The molecule has 25 heavy (non-hydrogen) atoms. The van der Waals surface area contributed by atoms with E-state index in [4.69, 9.17) is 4.74 Å². The van der Waals surface area contributed by atoms with Gasteiger partial charge >= 0.3 is 0 Å². The summed E-state index contributed by atoms with van der Waals surface area (Å²) >= 11 is 0. The molecular weight excluding hydrogens is 316 g/mol. The number of amides is 1. The number of pyridine rings is 1. The third-order valence-corrected chi connectivity index (χ3v) is 4.71. The number of hydrogen-bond donors (Lipinski definition) is 1. The fraction of sp³-hybridized carbons (Fsp3) is 0.316. The number of methoxy groups -OCH3 is 1. The van der Waals surface area contributed by atoms with Gasteiger partial charge < -0.3 is 10.1 Å². The molecule has 0 bridgehead atoms. The topological polar surface area (TPSA) is 69.0 Å². The molecule has 3 aromatic rings. The zero-order valence-electron chi connectivity index (χ0n) is 14.1. The molecule has 0 aliphatic heterocycles. The van der Waals surface area contributed by atoms with Gasteiger partial charge in [0.05, 0.1) is 18.8 Å². The Morgan fingerprint density at radius 2 is 2.28 bits per heavy atom. The summed E-state index contributed by atoms with van der Waals surface area (Å²) < 4.78 is 6.97. The molecule has 0 saturated carbocycles. The lowest BCUT2D eigenvalue weighted by molar-refractivity contribution is -0.122. The first-order chi connectivity index (χ1) is 12.2. The van der Waals surface area contributed by atoms with Gasteiger partial charge in [-0.2, -0.15) is 5.10 Å². The van der Waals surface area contributed by atoms with Crippen LogP contribution in [0.5, 0.6) is 5.75 Å². The van der Waals surface area contributed by atoms with Crippen LogP contribution in [0.1, 0.15) is 17.5 Å². The molecule has 0 saturated heterocycles. The van der Waals surface area contributed by atoms with Gasteiger partial charge in [-0.15, -0.1) is 0 Å². The molecule has 1 unspecified atom stereocenters. The molecule has 2 aromatic heterocycles. The van der Waals surface area contributed by atoms with Gasteiger partial charge in [0.2, 0.25) is 5.91 Å². The SMILES string of the molecule is COc1ccc2c(c1)CCC(NC(=O)Cn1ncc3ncccc31)C2. The van der Waals surface area contributed by atoms with Crippen molar-refractivity contribution in [2.45, 2.75) is 31.8 Å². The van der Waals surface area contributed by atoms with E-state index in [2.05, 4.69) is 27.5 Å². The van der Waals surface area contributed by atoms with E-state index < -0.39 is 0 Å². The summed E-state index contributed by atoms with van der Waals surface area (Å²) in [6, 6.07) is 10.1. The number of carbonyl (C=O) groups excluding carboxylic acids is 1. The Hall–Kier alpha value is -2.89. The Bertz CT molecular complexity index is 919. The standard InChI is InChI=1S/C19H20N4O2/c1-25-16-7-5-13-9-15(6-4-14(13)10-16)22-19(24)12-23-18-3-2-8-20-17(18)11-21-23/h2-3,5,7-8,10-11,15H,4,6,9,12H2,1H3,(H,22,24). The molecule has 0 radical (unpaired) electrons. The van der Waals surface area contributed by atoms with Gasteiger partial charge in [-0.3, -0.25) is 14.5 Å². The first-order valence-corrected chi connectivity index (χ1v) is 8.44. The van der Waals surface area contributed by atoms with E-state index in [-0.39, 0.29) is 18.5 Å². The zero-order chi connectivity index (χ0) is 17.2. The number of rotatable bonds is 4. The van der Waals surface area contributed by atoms with Crippen molar-refractivity contribution in [1.29, 1.82) is 0 Å². The van der Waals surface area contributed by atoms with Crippen LogP contribution in [0.3, 0.4) is 0 Å². The van der Waals surface area contributed by atoms with Crippen molar-refractivity contribution in [3.05, 3.63) is 53.9 Å². The second-order valence-corrected chi connectivity index (χ2v) is 6.35. The molecule has 1 aliphatic rings. The molecule has 0 fully saturated rings. The summed E-state index contributed by atoms with van der Waals surface area (Å²) in [5, 5.41) is 7.40. The van der Waals surface area contributed by atoms with E-state index >= 15 is 0 Å². The lowest BCUT2D eigenvalue weighted by Gasteiger charge is -2.26. The van der Waals surface area contributed by atoms with Crippen LogP contribution >= 0.6 is 0 Å².